The molecule has 0 aromatic rings. The molecule has 90 valence electrons. The third-order valence-corrected chi connectivity index (χ3v) is 2.96. The van der Waals surface area contributed by atoms with Crippen LogP contribution in [0.15, 0.2) is 0 Å². The molecule has 2 N–H and O–H groups in total. The molecule has 0 saturated heterocycles. The lowest BCUT2D eigenvalue weighted by Gasteiger charge is -2.39. The average Bonchev–Trinajstić information content (AvgIpc) is 2.09. The maximum atomic E-state index is 11.3. The molecule has 0 aromatic carbocycles. The molecule has 0 heterocycles. The van der Waals surface area contributed by atoms with Crippen LogP contribution in [0.4, 0.5) is 0 Å². The van der Waals surface area contributed by atoms with Gasteiger partial charge < -0.3 is 10.2 Å². The van der Waals surface area contributed by atoms with Crippen LogP contribution in [0.2, 0.25) is 0 Å². The van der Waals surface area contributed by atoms with Crippen LogP contribution in [0.5, 0.6) is 0 Å². The van der Waals surface area contributed by atoms with Gasteiger partial charge in [-0.25, -0.2) is 0 Å². The van der Waals surface area contributed by atoms with E-state index < -0.39 is 29.2 Å². The van der Waals surface area contributed by atoms with Gasteiger partial charge in [0.15, 0.2) is 0 Å². The molecule has 0 spiro atoms. The molecule has 0 amide bonds. The zero-order chi connectivity index (χ0) is 13.0. The van der Waals surface area contributed by atoms with Crippen LogP contribution in [0.3, 0.4) is 0 Å². The second-order valence-corrected chi connectivity index (χ2v) is 4.87. The van der Waals surface area contributed by atoms with E-state index in [2.05, 4.69) is 0 Å². The predicted octanol–water partition coefficient (Wildman–Crippen LogP) is 1.88. The van der Waals surface area contributed by atoms with Gasteiger partial charge in [-0.3, -0.25) is 9.59 Å². The lowest BCUT2D eigenvalue weighted by Crippen LogP contribution is -2.44. The molecule has 0 rings (SSSR count). The maximum Gasteiger partial charge on any atom is 0.310 e. The molecule has 5 heteroatoms. The number of nitriles is 1. The smallest absolute Gasteiger partial charge is 0.310 e. The first-order valence-electron chi connectivity index (χ1n) is 4.99. The van der Waals surface area contributed by atoms with E-state index in [-0.39, 0.29) is 12.8 Å². The van der Waals surface area contributed by atoms with Gasteiger partial charge in [-0.2, -0.15) is 5.26 Å². The van der Waals surface area contributed by atoms with Gasteiger partial charge in [-0.15, -0.1) is 0 Å². The predicted molar refractivity (Wildman–Crippen MR) is 56.6 cm³/mol. The molecule has 1 atom stereocenters. The highest BCUT2D eigenvalue weighted by atomic mass is 16.4. The zero-order valence-electron chi connectivity index (χ0n) is 9.78. The summed E-state index contributed by atoms with van der Waals surface area (Å²) in [5, 5.41) is 26.6. The summed E-state index contributed by atoms with van der Waals surface area (Å²) in [6, 6.07) is 1.87. The lowest BCUT2D eigenvalue weighted by molar-refractivity contribution is -0.164. The van der Waals surface area contributed by atoms with Crippen molar-refractivity contribution >= 4 is 11.9 Å². The van der Waals surface area contributed by atoms with Crippen LogP contribution in [0.1, 0.15) is 40.0 Å². The van der Waals surface area contributed by atoms with Crippen molar-refractivity contribution in [2.45, 2.75) is 40.0 Å². The number of carboxylic acids is 2. The van der Waals surface area contributed by atoms with E-state index in [9.17, 15) is 14.7 Å². The highest BCUT2D eigenvalue weighted by Crippen LogP contribution is 2.45. The van der Waals surface area contributed by atoms with E-state index in [0.29, 0.717) is 0 Å². The number of nitrogens with zero attached hydrogens (tertiary/aromatic N) is 1. The number of rotatable bonds is 5. The van der Waals surface area contributed by atoms with Crippen molar-refractivity contribution < 1.29 is 19.8 Å². The largest absolute Gasteiger partial charge is 0.481 e. The van der Waals surface area contributed by atoms with Crippen molar-refractivity contribution in [3.8, 4) is 6.07 Å². The molecule has 0 radical (unpaired) electrons. The Hall–Kier alpha value is -1.57. The van der Waals surface area contributed by atoms with Crippen molar-refractivity contribution in [2.75, 3.05) is 0 Å². The van der Waals surface area contributed by atoms with Crippen molar-refractivity contribution in [3.63, 3.8) is 0 Å². The Labute approximate surface area is 94.7 Å². The number of hydrogen-bond donors (Lipinski definition) is 2. The summed E-state index contributed by atoms with van der Waals surface area (Å²) >= 11 is 0. The molecule has 0 fully saturated rings. The highest BCUT2D eigenvalue weighted by molar-refractivity contribution is 5.82. The molecule has 16 heavy (non-hydrogen) atoms. The summed E-state index contributed by atoms with van der Waals surface area (Å²) in [5.41, 5.74) is -2.11. The minimum Gasteiger partial charge on any atom is -0.481 e. The van der Waals surface area contributed by atoms with E-state index in [1.165, 1.54) is 0 Å². The molecule has 0 aliphatic heterocycles. The Bertz CT molecular complexity index is 324. The van der Waals surface area contributed by atoms with Crippen LogP contribution in [-0.2, 0) is 9.59 Å². The van der Waals surface area contributed by atoms with Crippen molar-refractivity contribution in [1.29, 1.82) is 5.26 Å². The first kappa shape index (κ1) is 14.4. The van der Waals surface area contributed by atoms with Crippen molar-refractivity contribution in [3.05, 3.63) is 0 Å². The normalized spacial score (nSPS) is 14.9. The Balaban J connectivity index is 5.32. The Morgan fingerprint density at radius 2 is 1.75 bits per heavy atom. The van der Waals surface area contributed by atoms with Gasteiger partial charge >= 0.3 is 11.9 Å². The summed E-state index contributed by atoms with van der Waals surface area (Å²) in [4.78, 5) is 22.1. The topological polar surface area (TPSA) is 98.4 Å². The van der Waals surface area contributed by atoms with Crippen molar-refractivity contribution in [2.24, 2.45) is 10.8 Å². The van der Waals surface area contributed by atoms with Crippen LogP contribution >= 0.6 is 0 Å². The van der Waals surface area contributed by atoms with Crippen molar-refractivity contribution in [1.82, 2.24) is 0 Å². The van der Waals surface area contributed by atoms with Gasteiger partial charge in [0.1, 0.15) is 0 Å². The quantitative estimate of drug-likeness (QED) is 0.747. The fourth-order valence-electron chi connectivity index (χ4n) is 1.76. The first-order valence-corrected chi connectivity index (χ1v) is 4.99. The molecule has 5 nitrogen and oxygen atoms in total. The molecule has 0 aliphatic rings. The summed E-state index contributed by atoms with van der Waals surface area (Å²) in [7, 11) is 0. The summed E-state index contributed by atoms with van der Waals surface area (Å²) in [6.45, 7) is 5.05. The molecule has 1 unspecified atom stereocenters. The Morgan fingerprint density at radius 1 is 1.25 bits per heavy atom. The van der Waals surface area contributed by atoms with Gasteiger partial charge in [0.05, 0.1) is 17.9 Å². The van der Waals surface area contributed by atoms with Gasteiger partial charge in [0, 0.05) is 6.42 Å². The fraction of sp³-hybridized carbons (Fsp3) is 0.727. The molecular formula is C11H17NO4. The minimum atomic E-state index is -1.39. The molecule has 0 aromatic heterocycles. The monoisotopic (exact) mass is 227 g/mol. The second-order valence-electron chi connectivity index (χ2n) is 4.87. The summed E-state index contributed by atoms with van der Waals surface area (Å²) in [6.07, 6.45) is -0.376. The Morgan fingerprint density at radius 3 is 2.00 bits per heavy atom. The SMILES string of the molecule is CC(C)(C)C(CCC#N)(CC(=O)O)C(=O)O. The van der Waals surface area contributed by atoms with Gasteiger partial charge in [-0.1, -0.05) is 20.8 Å². The van der Waals surface area contributed by atoms with E-state index >= 15 is 0 Å². The van der Waals surface area contributed by atoms with Crippen LogP contribution < -0.4 is 0 Å². The first-order chi connectivity index (χ1) is 7.17. The lowest BCUT2D eigenvalue weighted by atomic mass is 9.62. The third kappa shape index (κ3) is 2.96. The van der Waals surface area contributed by atoms with E-state index in [1.807, 2.05) is 6.07 Å². The standard InChI is InChI=1S/C11H17NO4/c1-10(2,3)11(9(15)16,5-4-6-12)7-8(13)14/h4-5,7H2,1-3H3,(H,13,14)(H,15,16). The number of carbonyl (C=O) groups is 2. The number of hydrogen-bond acceptors (Lipinski definition) is 3. The van der Waals surface area contributed by atoms with Crippen LogP contribution in [0, 0.1) is 22.2 Å². The maximum absolute atomic E-state index is 11.3. The van der Waals surface area contributed by atoms with Gasteiger partial charge in [0.2, 0.25) is 0 Å². The zero-order valence-corrected chi connectivity index (χ0v) is 9.78. The number of carboxylic acid groups (broad SMARTS) is 2. The van der Waals surface area contributed by atoms with Gasteiger partial charge in [-0.05, 0) is 11.8 Å². The molecular weight excluding hydrogens is 210 g/mol. The van der Waals surface area contributed by atoms with Crippen LogP contribution in [0.25, 0.3) is 0 Å². The van der Waals surface area contributed by atoms with Gasteiger partial charge in [0.25, 0.3) is 0 Å². The fourth-order valence-corrected chi connectivity index (χ4v) is 1.76. The van der Waals surface area contributed by atoms with E-state index in [0.717, 1.165) is 0 Å². The van der Waals surface area contributed by atoms with E-state index in [4.69, 9.17) is 10.4 Å². The van der Waals surface area contributed by atoms with Crippen LogP contribution in [-0.4, -0.2) is 22.2 Å². The average molecular weight is 227 g/mol. The third-order valence-electron chi connectivity index (χ3n) is 2.96. The Kier molecular flexibility index (Phi) is 4.48. The number of aliphatic carboxylic acids is 2. The minimum absolute atomic E-state index is 0.0385. The van der Waals surface area contributed by atoms with E-state index in [1.54, 1.807) is 20.8 Å². The highest BCUT2D eigenvalue weighted by Gasteiger charge is 2.49. The molecule has 0 aliphatic carbocycles. The molecule has 0 bridgehead atoms. The summed E-state index contributed by atoms with van der Waals surface area (Å²) in [5.74, 6) is -2.31. The molecule has 0 saturated carbocycles. The summed E-state index contributed by atoms with van der Waals surface area (Å²) < 4.78 is 0. The second kappa shape index (κ2) is 4.97.